The van der Waals surface area contributed by atoms with Crippen LogP contribution in [0.3, 0.4) is 0 Å². The number of sulfonamides is 1. The number of imidazole rings is 1. The van der Waals surface area contributed by atoms with E-state index in [4.69, 9.17) is 0 Å². The molecule has 9 heteroatoms. The fraction of sp³-hybridized carbons (Fsp3) is 0.267. The Morgan fingerprint density at radius 2 is 1.92 bits per heavy atom. The van der Waals surface area contributed by atoms with Crippen molar-refractivity contribution in [3.63, 3.8) is 0 Å². The normalized spacial score (nSPS) is 12.0. The van der Waals surface area contributed by atoms with Crippen LogP contribution >= 0.6 is 0 Å². The van der Waals surface area contributed by atoms with Gasteiger partial charge in [-0.2, -0.15) is 4.31 Å². The van der Waals surface area contributed by atoms with Crippen molar-refractivity contribution in [2.24, 2.45) is 7.05 Å². The first-order valence-electron chi connectivity index (χ1n) is 7.32. The highest BCUT2D eigenvalue weighted by Gasteiger charge is 2.24. The molecule has 8 nitrogen and oxygen atoms in total. The molecule has 1 aromatic carbocycles. The van der Waals surface area contributed by atoms with E-state index in [1.807, 2.05) is 30.3 Å². The maximum absolute atomic E-state index is 12.4. The van der Waals surface area contributed by atoms with E-state index in [1.54, 1.807) is 22.5 Å². The lowest BCUT2D eigenvalue weighted by atomic mass is 10.2. The van der Waals surface area contributed by atoms with Crippen molar-refractivity contribution in [3.05, 3.63) is 60.3 Å². The second-order valence-corrected chi connectivity index (χ2v) is 7.52. The first kappa shape index (κ1) is 16.3. The summed E-state index contributed by atoms with van der Waals surface area (Å²) in [5.41, 5.74) is 1.68. The second kappa shape index (κ2) is 6.54. The van der Waals surface area contributed by atoms with Gasteiger partial charge in [0.15, 0.2) is 5.03 Å². The van der Waals surface area contributed by atoms with Gasteiger partial charge in [-0.05, 0) is 5.56 Å². The summed E-state index contributed by atoms with van der Waals surface area (Å²) < 4.78 is 29.4. The van der Waals surface area contributed by atoms with E-state index in [-0.39, 0.29) is 11.6 Å². The van der Waals surface area contributed by atoms with E-state index >= 15 is 0 Å². The molecule has 0 aliphatic heterocycles. The molecule has 3 rings (SSSR count). The summed E-state index contributed by atoms with van der Waals surface area (Å²) in [6, 6.07) is 9.87. The smallest absolute Gasteiger partial charge is 0.262 e. The van der Waals surface area contributed by atoms with Crippen molar-refractivity contribution in [3.8, 4) is 0 Å². The standard InChI is InChI=1S/C15H18N6O2S/c1-19-11-15(16-12-19)24(22,23)20(2)9-14-10-21(18-17-14)8-13-6-4-3-5-7-13/h3-7,10-12H,8-9H2,1-2H3. The van der Waals surface area contributed by atoms with Crippen LogP contribution in [0.2, 0.25) is 0 Å². The van der Waals surface area contributed by atoms with Crippen molar-refractivity contribution in [2.75, 3.05) is 7.05 Å². The van der Waals surface area contributed by atoms with Crippen LogP contribution in [-0.4, -0.2) is 44.3 Å². The third kappa shape index (κ3) is 3.52. The zero-order valence-corrected chi connectivity index (χ0v) is 14.3. The largest absolute Gasteiger partial charge is 0.339 e. The zero-order chi connectivity index (χ0) is 17.2. The molecule has 0 atom stereocenters. The maximum atomic E-state index is 12.4. The Morgan fingerprint density at radius 3 is 2.58 bits per heavy atom. The Labute approximate surface area is 140 Å². The number of hydrogen-bond donors (Lipinski definition) is 0. The molecule has 0 aliphatic rings. The molecule has 0 N–H and O–H groups in total. The van der Waals surface area contributed by atoms with Gasteiger partial charge in [-0.3, -0.25) is 0 Å². The molecule has 0 saturated carbocycles. The molecule has 0 radical (unpaired) electrons. The van der Waals surface area contributed by atoms with E-state index in [1.165, 1.54) is 23.9 Å². The first-order valence-corrected chi connectivity index (χ1v) is 8.76. The molecule has 0 saturated heterocycles. The molecule has 24 heavy (non-hydrogen) atoms. The molecular formula is C15H18N6O2S. The van der Waals surface area contributed by atoms with E-state index < -0.39 is 10.0 Å². The van der Waals surface area contributed by atoms with Crippen molar-refractivity contribution < 1.29 is 8.42 Å². The first-order chi connectivity index (χ1) is 11.4. The summed E-state index contributed by atoms with van der Waals surface area (Å²) in [6.07, 6.45) is 4.67. The monoisotopic (exact) mass is 346 g/mol. The SMILES string of the molecule is CN(Cc1cn(Cc2ccccc2)nn1)S(=O)(=O)c1cn(C)cn1. The third-order valence-electron chi connectivity index (χ3n) is 3.51. The van der Waals surface area contributed by atoms with Gasteiger partial charge in [-0.1, -0.05) is 35.5 Å². The van der Waals surface area contributed by atoms with Crippen LogP contribution in [0.1, 0.15) is 11.3 Å². The molecule has 0 spiro atoms. The van der Waals surface area contributed by atoms with Gasteiger partial charge in [-0.25, -0.2) is 18.1 Å². The van der Waals surface area contributed by atoms with Gasteiger partial charge in [0.05, 0.1) is 31.3 Å². The molecule has 0 unspecified atom stereocenters. The molecule has 2 aromatic heterocycles. The molecule has 0 aliphatic carbocycles. The predicted molar refractivity (Wildman–Crippen MR) is 87.4 cm³/mol. The Bertz CT molecular complexity index is 916. The summed E-state index contributed by atoms with van der Waals surface area (Å²) >= 11 is 0. The minimum absolute atomic E-state index is 0.0178. The minimum atomic E-state index is -3.64. The number of aryl methyl sites for hydroxylation is 1. The van der Waals surface area contributed by atoms with Crippen molar-refractivity contribution >= 4 is 10.0 Å². The van der Waals surface area contributed by atoms with Gasteiger partial charge in [-0.15, -0.1) is 5.10 Å². The molecule has 2 heterocycles. The molecule has 0 fully saturated rings. The van der Waals surface area contributed by atoms with Gasteiger partial charge < -0.3 is 4.57 Å². The fourth-order valence-electron chi connectivity index (χ4n) is 2.25. The highest BCUT2D eigenvalue weighted by atomic mass is 32.2. The second-order valence-electron chi connectivity index (χ2n) is 5.53. The number of rotatable bonds is 6. The summed E-state index contributed by atoms with van der Waals surface area (Å²) in [5.74, 6) is 0. The number of benzene rings is 1. The Hall–Kier alpha value is -2.52. The maximum Gasteiger partial charge on any atom is 0.262 e. The third-order valence-corrected chi connectivity index (χ3v) is 5.20. The van der Waals surface area contributed by atoms with E-state index in [0.717, 1.165) is 5.56 Å². The van der Waals surface area contributed by atoms with Gasteiger partial charge in [0.25, 0.3) is 10.0 Å². The van der Waals surface area contributed by atoms with Gasteiger partial charge >= 0.3 is 0 Å². The molecular weight excluding hydrogens is 328 g/mol. The quantitative estimate of drug-likeness (QED) is 0.661. The molecule has 3 aromatic rings. The minimum Gasteiger partial charge on any atom is -0.339 e. The van der Waals surface area contributed by atoms with Crippen molar-refractivity contribution in [1.29, 1.82) is 0 Å². The van der Waals surface area contributed by atoms with Crippen LogP contribution in [0.15, 0.2) is 54.1 Å². The Balaban J connectivity index is 1.70. The van der Waals surface area contributed by atoms with Gasteiger partial charge in [0.1, 0.15) is 0 Å². The zero-order valence-electron chi connectivity index (χ0n) is 13.4. The average Bonchev–Trinajstić information content (AvgIpc) is 3.18. The van der Waals surface area contributed by atoms with Gasteiger partial charge in [0, 0.05) is 20.3 Å². The number of aromatic nitrogens is 5. The lowest BCUT2D eigenvalue weighted by Gasteiger charge is -2.13. The van der Waals surface area contributed by atoms with Crippen LogP contribution in [0.5, 0.6) is 0 Å². The number of nitrogens with zero attached hydrogens (tertiary/aromatic N) is 6. The predicted octanol–water partition coefficient (Wildman–Crippen LogP) is 0.881. The van der Waals surface area contributed by atoms with Crippen LogP contribution in [0.4, 0.5) is 0 Å². The van der Waals surface area contributed by atoms with Crippen LogP contribution in [0.25, 0.3) is 0 Å². The fourth-order valence-corrected chi connectivity index (χ4v) is 3.35. The molecule has 126 valence electrons. The average molecular weight is 346 g/mol. The molecule has 0 amide bonds. The Kier molecular flexibility index (Phi) is 4.45. The van der Waals surface area contributed by atoms with Crippen LogP contribution in [0, 0.1) is 0 Å². The highest BCUT2D eigenvalue weighted by Crippen LogP contribution is 2.13. The summed E-state index contributed by atoms with van der Waals surface area (Å²) in [6.45, 7) is 0.720. The topological polar surface area (TPSA) is 85.9 Å². The lowest BCUT2D eigenvalue weighted by Crippen LogP contribution is -2.27. The van der Waals surface area contributed by atoms with Crippen LogP contribution in [-0.2, 0) is 30.2 Å². The summed E-state index contributed by atoms with van der Waals surface area (Å²) in [5, 5.41) is 8.11. The Morgan fingerprint density at radius 1 is 1.17 bits per heavy atom. The van der Waals surface area contributed by atoms with E-state index in [2.05, 4.69) is 15.3 Å². The van der Waals surface area contributed by atoms with E-state index in [0.29, 0.717) is 12.2 Å². The number of hydrogen-bond acceptors (Lipinski definition) is 5. The lowest BCUT2D eigenvalue weighted by molar-refractivity contribution is 0.459. The van der Waals surface area contributed by atoms with E-state index in [9.17, 15) is 8.42 Å². The van der Waals surface area contributed by atoms with Crippen LogP contribution < -0.4 is 0 Å². The highest BCUT2D eigenvalue weighted by molar-refractivity contribution is 7.89. The van der Waals surface area contributed by atoms with Crippen molar-refractivity contribution in [2.45, 2.75) is 18.1 Å². The summed E-state index contributed by atoms with van der Waals surface area (Å²) in [4.78, 5) is 3.90. The van der Waals surface area contributed by atoms with Gasteiger partial charge in [0.2, 0.25) is 0 Å². The van der Waals surface area contributed by atoms with Crippen molar-refractivity contribution in [1.82, 2.24) is 28.9 Å². The summed E-state index contributed by atoms with van der Waals surface area (Å²) in [7, 11) is -0.418. The molecule has 0 bridgehead atoms.